The van der Waals surface area contributed by atoms with Crippen LogP contribution in [0.3, 0.4) is 0 Å². The van der Waals surface area contributed by atoms with Crippen molar-refractivity contribution in [2.45, 2.75) is 73.6 Å². The molecule has 2 aliphatic heterocycles. The van der Waals surface area contributed by atoms with E-state index in [4.69, 9.17) is 4.74 Å². The van der Waals surface area contributed by atoms with Gasteiger partial charge in [0.05, 0.1) is 6.26 Å². The van der Waals surface area contributed by atoms with Gasteiger partial charge < -0.3 is 4.74 Å². The van der Waals surface area contributed by atoms with Gasteiger partial charge in [-0.3, -0.25) is 0 Å². The van der Waals surface area contributed by atoms with E-state index in [0.717, 1.165) is 12.8 Å². The second-order valence-corrected chi connectivity index (χ2v) is 23.6. The van der Waals surface area contributed by atoms with Crippen LogP contribution in [-0.2, 0) is 17.6 Å². The smallest absolute Gasteiger partial charge is 0.162 e. The molecule has 3 heterocycles. The zero-order valence-electron chi connectivity index (χ0n) is 31.1. The molecule has 0 spiro atoms. The highest BCUT2D eigenvalue weighted by molar-refractivity contribution is 8.00. The van der Waals surface area contributed by atoms with E-state index in [0.29, 0.717) is 53.3 Å². The van der Waals surface area contributed by atoms with Gasteiger partial charge in [-0.1, -0.05) is 35.4 Å². The van der Waals surface area contributed by atoms with Crippen LogP contribution in [-0.4, -0.2) is 10.7 Å². The molecule has 0 N–H and O–H groups in total. The van der Waals surface area contributed by atoms with Gasteiger partial charge in [0.2, 0.25) is 0 Å². The van der Waals surface area contributed by atoms with Crippen LogP contribution in [0.5, 0.6) is 0 Å². The molecule has 3 heteroatoms. The SMILES string of the molecule is C1=C2CC3=c4c2c2c5c6c7c8c9c(cc%10c%11c%12c%13c(c%14c%15c%16c(c4c5%14)C(C3)C3CC[C@@H]4C(=C%163)C(C%15%13)C4C3(Cc4cccs4)OC=C%12C%10CCS3)c6c9%11)CC8=CC1C27. The lowest BCUT2D eigenvalue weighted by atomic mass is 9.45. The fraction of sp³-hybridized carbons (Fsp3) is 0.333. The Balaban J connectivity index is 1.09. The molecule has 14 aliphatic rings. The average Bonchev–Trinajstić information content (AvgIpc) is 4.07. The predicted molar refractivity (Wildman–Crippen MR) is 232 cm³/mol. The maximum atomic E-state index is 7.79. The Hall–Kier alpha value is -4.31. The quantitative estimate of drug-likeness (QED) is 0.128. The molecule has 9 unspecified atom stereocenters. The molecule has 57 heavy (non-hydrogen) atoms. The molecule has 0 amide bonds. The van der Waals surface area contributed by atoms with Crippen LogP contribution >= 0.6 is 23.1 Å². The molecule has 10 atom stereocenters. The molecular weight excluding hydrogens is 729 g/mol. The molecule has 266 valence electrons. The van der Waals surface area contributed by atoms with Gasteiger partial charge in [0.15, 0.2) is 4.93 Å². The highest BCUT2D eigenvalue weighted by Crippen LogP contribution is 2.80. The summed E-state index contributed by atoms with van der Waals surface area (Å²) in [4.78, 5) is 1.28. The first-order chi connectivity index (χ1) is 28.3. The Morgan fingerprint density at radius 2 is 1.53 bits per heavy atom. The molecule has 7 aromatic rings. The van der Waals surface area contributed by atoms with Crippen LogP contribution < -0.4 is 5.22 Å². The van der Waals surface area contributed by atoms with E-state index in [1.807, 2.05) is 44.7 Å². The molecule has 12 aliphatic carbocycles. The summed E-state index contributed by atoms with van der Waals surface area (Å²) < 4.78 is 7.79. The number of allylic oxidation sites excluding steroid dienone is 7. The highest BCUT2D eigenvalue weighted by atomic mass is 32.2. The van der Waals surface area contributed by atoms with Gasteiger partial charge in [0.1, 0.15) is 0 Å². The van der Waals surface area contributed by atoms with E-state index < -0.39 is 0 Å². The van der Waals surface area contributed by atoms with Crippen molar-refractivity contribution < 1.29 is 4.74 Å². The van der Waals surface area contributed by atoms with E-state index in [1.165, 1.54) is 42.7 Å². The van der Waals surface area contributed by atoms with Gasteiger partial charge in [-0.25, -0.2) is 0 Å². The number of hydrogen-bond donors (Lipinski definition) is 0. The molecule has 2 bridgehead atoms. The number of rotatable bonds is 2. The van der Waals surface area contributed by atoms with E-state index in [1.54, 1.807) is 120 Å². The highest BCUT2D eigenvalue weighted by Gasteiger charge is 2.69. The Morgan fingerprint density at radius 1 is 0.719 bits per heavy atom. The first-order valence-electron chi connectivity index (χ1n) is 22.4. The Kier molecular flexibility index (Phi) is 3.47. The maximum Gasteiger partial charge on any atom is 0.162 e. The molecule has 1 nitrogen and oxygen atoms in total. The van der Waals surface area contributed by atoms with Gasteiger partial charge >= 0.3 is 0 Å². The predicted octanol–water partition coefficient (Wildman–Crippen LogP) is 12.2. The van der Waals surface area contributed by atoms with Gasteiger partial charge in [0.25, 0.3) is 0 Å². The molecule has 0 radical (unpaired) electrons. The molecule has 0 saturated heterocycles. The Bertz CT molecular complexity index is 3750. The van der Waals surface area contributed by atoms with Gasteiger partial charge in [-0.2, -0.15) is 0 Å². The first kappa shape index (κ1) is 26.6. The molecule has 1 fully saturated rings. The van der Waals surface area contributed by atoms with E-state index in [-0.39, 0.29) is 4.93 Å². The van der Waals surface area contributed by atoms with Crippen molar-refractivity contribution >= 4 is 105 Å². The second kappa shape index (κ2) is 7.43. The zero-order chi connectivity index (χ0) is 35.2. The molecular formula is C54H32OS2. The minimum absolute atomic E-state index is 0.233. The molecule has 1 aromatic heterocycles. The van der Waals surface area contributed by atoms with Crippen molar-refractivity contribution in [3.05, 3.63) is 119 Å². The fourth-order valence-corrected chi connectivity index (χ4v) is 21.6. The summed E-state index contributed by atoms with van der Waals surface area (Å²) in [6, 6.07) is 7.47. The largest absolute Gasteiger partial charge is 0.483 e. The Labute approximate surface area is 335 Å². The number of thioether (sulfide) groups is 1. The number of ether oxygens (including phenoxy) is 1. The first-order valence-corrected chi connectivity index (χ1v) is 24.3. The normalized spacial score (nSPS) is 36.9. The van der Waals surface area contributed by atoms with Crippen LogP contribution in [0.4, 0.5) is 0 Å². The standard InChI is InChI=1S/C54H32OS2/c1-2-21(56-6-1)14-54-53-24-4-3-23-26-13-20-11-17-9-18-8-16-10-19-12-25-22(5-7-57-54)27(15-55-54)37-35(25)40-30(19)28(16)38-32(18)39-29(17)31(20)41-36(26)42-33(23)34(24)52(53)51-43(37)49-46(40)44(38)45(39)47(41)50(49)48(42)51/h1-2,6,8-9,12,15,18,22-24,26,32,51-53H,3-5,7,10-11,13-14H2/t18?,22?,23?,24-,26?,32?,51?,52?,53?,54?/m1/s1. The lowest BCUT2D eigenvalue weighted by Crippen LogP contribution is -2.58. The van der Waals surface area contributed by atoms with Crippen LogP contribution in [0, 0.1) is 29.6 Å². The summed E-state index contributed by atoms with van der Waals surface area (Å²) in [6.07, 6.45) is 16.7. The van der Waals surface area contributed by atoms with Crippen LogP contribution in [0.25, 0.3) is 81.7 Å². The maximum absolute atomic E-state index is 7.79. The van der Waals surface area contributed by atoms with E-state index >= 15 is 0 Å². The molecule has 6 aromatic carbocycles. The second-order valence-electron chi connectivity index (χ2n) is 21.2. The minimum Gasteiger partial charge on any atom is -0.483 e. The third-order valence-corrected chi connectivity index (χ3v) is 22.3. The zero-order valence-corrected chi connectivity index (χ0v) is 32.8. The van der Waals surface area contributed by atoms with Crippen molar-refractivity contribution in [3.8, 4) is 0 Å². The van der Waals surface area contributed by atoms with E-state index in [9.17, 15) is 0 Å². The third kappa shape index (κ3) is 2.15. The summed E-state index contributed by atoms with van der Waals surface area (Å²) >= 11 is 4.21. The van der Waals surface area contributed by atoms with Crippen LogP contribution in [0.1, 0.15) is 122 Å². The van der Waals surface area contributed by atoms with Crippen molar-refractivity contribution in [3.63, 3.8) is 0 Å². The van der Waals surface area contributed by atoms with Crippen molar-refractivity contribution in [2.75, 3.05) is 5.75 Å². The average molecular weight is 761 g/mol. The molecule has 21 rings (SSSR count). The topological polar surface area (TPSA) is 9.23 Å². The number of benzene rings is 6. The number of thiophene rings is 1. The summed E-state index contributed by atoms with van der Waals surface area (Å²) in [5.41, 5.74) is 29.8. The summed E-state index contributed by atoms with van der Waals surface area (Å²) in [5.74, 6) is 6.17. The summed E-state index contributed by atoms with van der Waals surface area (Å²) in [7, 11) is 0. The minimum atomic E-state index is -0.233. The Morgan fingerprint density at radius 3 is 2.42 bits per heavy atom. The van der Waals surface area contributed by atoms with Crippen LogP contribution in [0.15, 0.2) is 47.6 Å². The van der Waals surface area contributed by atoms with Gasteiger partial charge in [-0.05, 0) is 216 Å². The number of hydrogen-bond acceptors (Lipinski definition) is 3. The van der Waals surface area contributed by atoms with E-state index in [2.05, 4.69) is 53.8 Å². The lowest BCUT2D eigenvalue weighted by molar-refractivity contribution is -0.0397. The summed E-state index contributed by atoms with van der Waals surface area (Å²) in [5, 5.41) is 21.3. The van der Waals surface area contributed by atoms with Gasteiger partial charge in [0, 0.05) is 46.5 Å². The number of fused-ring (bicyclic) bond motifs is 6. The lowest BCUT2D eigenvalue weighted by Gasteiger charge is -2.62. The third-order valence-electron chi connectivity index (χ3n) is 20.0. The molecule has 1 saturated carbocycles. The van der Waals surface area contributed by atoms with Crippen molar-refractivity contribution in [1.29, 1.82) is 0 Å². The fourth-order valence-electron chi connectivity index (χ4n) is 19.1. The van der Waals surface area contributed by atoms with Gasteiger partial charge in [-0.15, -0.1) is 23.1 Å². The summed E-state index contributed by atoms with van der Waals surface area (Å²) in [6.45, 7) is 0. The van der Waals surface area contributed by atoms with Crippen molar-refractivity contribution in [2.24, 2.45) is 29.6 Å². The van der Waals surface area contributed by atoms with Crippen LogP contribution in [0.2, 0.25) is 0 Å². The monoisotopic (exact) mass is 760 g/mol. The van der Waals surface area contributed by atoms with Crippen molar-refractivity contribution in [1.82, 2.24) is 0 Å².